The molecule has 21 heavy (non-hydrogen) atoms. The van der Waals surface area contributed by atoms with Crippen molar-refractivity contribution in [2.75, 3.05) is 6.54 Å². The van der Waals surface area contributed by atoms with Gasteiger partial charge in [-0.05, 0) is 38.5 Å². The minimum absolute atomic E-state index is 0.124. The lowest BCUT2D eigenvalue weighted by atomic mass is 10.1. The Balaban J connectivity index is 1.89. The van der Waals surface area contributed by atoms with Gasteiger partial charge in [-0.2, -0.15) is 0 Å². The van der Waals surface area contributed by atoms with E-state index in [1.54, 1.807) is 6.20 Å². The fraction of sp³-hybridized carbons (Fsp3) is 0.438. The summed E-state index contributed by atoms with van der Waals surface area (Å²) in [7, 11) is 0. The zero-order chi connectivity index (χ0) is 15.2. The Labute approximate surface area is 131 Å². The number of halogens is 1. The fourth-order valence-corrected chi connectivity index (χ4v) is 2.32. The van der Waals surface area contributed by atoms with Gasteiger partial charge in [0.25, 0.3) is 0 Å². The monoisotopic (exact) mass is 307 g/mol. The summed E-state index contributed by atoms with van der Waals surface area (Å²) in [6.45, 7) is 7.88. The highest BCUT2D eigenvalue weighted by molar-refractivity contribution is 6.32. The van der Waals surface area contributed by atoms with E-state index in [4.69, 9.17) is 16.3 Å². The summed E-state index contributed by atoms with van der Waals surface area (Å²) < 4.78 is 7.70. The van der Waals surface area contributed by atoms with Gasteiger partial charge in [0.1, 0.15) is 5.75 Å². The molecule has 5 heteroatoms. The van der Waals surface area contributed by atoms with Gasteiger partial charge in [0.2, 0.25) is 0 Å². The van der Waals surface area contributed by atoms with E-state index in [0.717, 1.165) is 24.4 Å². The Morgan fingerprint density at radius 1 is 1.33 bits per heavy atom. The molecule has 4 nitrogen and oxygen atoms in total. The third kappa shape index (κ3) is 4.76. The van der Waals surface area contributed by atoms with Gasteiger partial charge < -0.3 is 14.6 Å². The molecular formula is C16H22ClN3O. The lowest BCUT2D eigenvalue weighted by molar-refractivity contribution is 0.242. The van der Waals surface area contributed by atoms with Gasteiger partial charge in [-0.15, -0.1) is 0 Å². The van der Waals surface area contributed by atoms with Crippen LogP contribution in [0.4, 0.5) is 0 Å². The van der Waals surface area contributed by atoms with Gasteiger partial charge in [-0.3, -0.25) is 0 Å². The van der Waals surface area contributed by atoms with Crippen LogP contribution in [-0.4, -0.2) is 22.2 Å². The van der Waals surface area contributed by atoms with Crippen molar-refractivity contribution in [1.82, 2.24) is 14.9 Å². The molecule has 2 aromatic rings. The van der Waals surface area contributed by atoms with E-state index in [1.165, 1.54) is 0 Å². The standard InChI is InChI=1S/C16H22ClN3O/c1-12(2)21-16-5-4-14(10-15(16)17)13(3)19-7-9-20-8-6-18-11-20/h4-6,8,10-13,19H,7,9H2,1-3H3. The van der Waals surface area contributed by atoms with E-state index in [1.807, 2.05) is 43.1 Å². The first-order chi connectivity index (χ1) is 10.1. The Morgan fingerprint density at radius 3 is 2.76 bits per heavy atom. The number of imidazole rings is 1. The number of benzene rings is 1. The summed E-state index contributed by atoms with van der Waals surface area (Å²) in [5.74, 6) is 0.737. The number of hydrogen-bond acceptors (Lipinski definition) is 3. The van der Waals surface area contributed by atoms with Gasteiger partial charge >= 0.3 is 0 Å². The minimum Gasteiger partial charge on any atom is -0.489 e. The maximum absolute atomic E-state index is 6.27. The highest BCUT2D eigenvalue weighted by Crippen LogP contribution is 2.28. The predicted molar refractivity (Wildman–Crippen MR) is 85.9 cm³/mol. The molecule has 0 radical (unpaired) electrons. The Bertz CT molecular complexity index is 555. The molecule has 0 bridgehead atoms. The molecule has 0 saturated heterocycles. The van der Waals surface area contributed by atoms with Gasteiger partial charge in [-0.1, -0.05) is 17.7 Å². The van der Waals surface area contributed by atoms with Crippen molar-refractivity contribution in [3.63, 3.8) is 0 Å². The Kier molecular flexibility index (Phi) is 5.65. The first-order valence-corrected chi connectivity index (χ1v) is 7.59. The first kappa shape index (κ1) is 15.9. The number of nitrogens with zero attached hydrogens (tertiary/aromatic N) is 2. The molecule has 0 aliphatic heterocycles. The molecule has 1 unspecified atom stereocenters. The van der Waals surface area contributed by atoms with E-state index in [2.05, 4.69) is 23.3 Å². The molecule has 1 heterocycles. The number of ether oxygens (including phenoxy) is 1. The average Bonchev–Trinajstić information content (AvgIpc) is 2.93. The van der Waals surface area contributed by atoms with Crippen LogP contribution in [0.5, 0.6) is 5.75 Å². The van der Waals surface area contributed by atoms with E-state index in [0.29, 0.717) is 5.02 Å². The summed E-state index contributed by atoms with van der Waals surface area (Å²) in [4.78, 5) is 4.03. The zero-order valence-electron chi connectivity index (χ0n) is 12.7. The summed E-state index contributed by atoms with van der Waals surface area (Å²) in [5, 5.41) is 4.13. The average molecular weight is 308 g/mol. The van der Waals surface area contributed by atoms with Crippen LogP contribution in [0.2, 0.25) is 5.02 Å². The van der Waals surface area contributed by atoms with Crippen LogP contribution >= 0.6 is 11.6 Å². The van der Waals surface area contributed by atoms with Crippen molar-refractivity contribution in [2.24, 2.45) is 0 Å². The van der Waals surface area contributed by atoms with Crippen LogP contribution in [0.25, 0.3) is 0 Å². The normalized spacial score (nSPS) is 12.6. The highest BCUT2D eigenvalue weighted by Gasteiger charge is 2.09. The van der Waals surface area contributed by atoms with Crippen LogP contribution in [0, 0.1) is 0 Å². The van der Waals surface area contributed by atoms with Crippen LogP contribution in [0.1, 0.15) is 32.4 Å². The fourth-order valence-electron chi connectivity index (χ4n) is 2.08. The van der Waals surface area contributed by atoms with Gasteiger partial charge in [-0.25, -0.2) is 4.98 Å². The second-order valence-electron chi connectivity index (χ2n) is 5.33. The number of hydrogen-bond donors (Lipinski definition) is 1. The third-order valence-electron chi connectivity index (χ3n) is 3.20. The molecule has 0 amide bonds. The van der Waals surface area contributed by atoms with Gasteiger partial charge in [0, 0.05) is 31.5 Å². The Hall–Kier alpha value is -1.52. The first-order valence-electron chi connectivity index (χ1n) is 7.21. The quantitative estimate of drug-likeness (QED) is 0.848. The topological polar surface area (TPSA) is 39.1 Å². The van der Waals surface area contributed by atoms with Crippen molar-refractivity contribution in [3.05, 3.63) is 47.5 Å². The molecule has 0 saturated carbocycles. The third-order valence-corrected chi connectivity index (χ3v) is 3.49. The van der Waals surface area contributed by atoms with Gasteiger partial charge in [0.05, 0.1) is 17.5 Å². The molecule has 0 spiro atoms. The molecule has 0 fully saturated rings. The van der Waals surface area contributed by atoms with Crippen LogP contribution in [0.15, 0.2) is 36.9 Å². The highest BCUT2D eigenvalue weighted by atomic mass is 35.5. The van der Waals surface area contributed by atoms with Gasteiger partial charge in [0.15, 0.2) is 0 Å². The summed E-state index contributed by atoms with van der Waals surface area (Å²) in [6.07, 6.45) is 5.69. The summed E-state index contributed by atoms with van der Waals surface area (Å²) >= 11 is 6.27. The van der Waals surface area contributed by atoms with E-state index in [9.17, 15) is 0 Å². The number of rotatable bonds is 7. The maximum atomic E-state index is 6.27. The molecule has 2 rings (SSSR count). The van der Waals surface area contributed by atoms with Crippen LogP contribution < -0.4 is 10.1 Å². The molecule has 0 aliphatic carbocycles. The van der Waals surface area contributed by atoms with Crippen LogP contribution in [-0.2, 0) is 6.54 Å². The smallest absolute Gasteiger partial charge is 0.138 e. The zero-order valence-corrected chi connectivity index (χ0v) is 13.5. The molecule has 1 atom stereocenters. The SMILES string of the molecule is CC(C)Oc1ccc(C(C)NCCn2ccnc2)cc1Cl. The van der Waals surface area contributed by atoms with Crippen molar-refractivity contribution in [1.29, 1.82) is 0 Å². The molecule has 114 valence electrons. The largest absolute Gasteiger partial charge is 0.489 e. The summed E-state index contributed by atoms with van der Waals surface area (Å²) in [6, 6.07) is 6.19. The van der Waals surface area contributed by atoms with E-state index >= 15 is 0 Å². The van der Waals surface area contributed by atoms with Crippen LogP contribution in [0.3, 0.4) is 0 Å². The molecule has 0 aliphatic rings. The second kappa shape index (κ2) is 7.48. The molecular weight excluding hydrogens is 286 g/mol. The van der Waals surface area contributed by atoms with Crippen molar-refractivity contribution in [2.45, 2.75) is 39.5 Å². The Morgan fingerprint density at radius 2 is 2.14 bits per heavy atom. The summed E-state index contributed by atoms with van der Waals surface area (Å²) in [5.41, 5.74) is 1.15. The second-order valence-corrected chi connectivity index (χ2v) is 5.74. The van der Waals surface area contributed by atoms with Crippen molar-refractivity contribution >= 4 is 11.6 Å². The lowest BCUT2D eigenvalue weighted by Crippen LogP contribution is -2.23. The van der Waals surface area contributed by atoms with E-state index in [-0.39, 0.29) is 12.1 Å². The molecule has 1 aromatic heterocycles. The predicted octanol–water partition coefficient (Wildman–Crippen LogP) is 3.67. The maximum Gasteiger partial charge on any atom is 0.138 e. The number of nitrogens with one attached hydrogen (secondary N) is 1. The van der Waals surface area contributed by atoms with E-state index < -0.39 is 0 Å². The molecule has 1 N–H and O–H groups in total. The minimum atomic E-state index is 0.124. The number of aromatic nitrogens is 2. The van der Waals surface area contributed by atoms with Crippen molar-refractivity contribution in [3.8, 4) is 5.75 Å². The van der Waals surface area contributed by atoms with Crippen molar-refractivity contribution < 1.29 is 4.74 Å². The lowest BCUT2D eigenvalue weighted by Gasteiger charge is -2.17. The molecule has 1 aromatic carbocycles.